The zero-order valence-electron chi connectivity index (χ0n) is 8.93. The Morgan fingerprint density at radius 2 is 1.89 bits per heavy atom. The van der Waals surface area contributed by atoms with Gasteiger partial charge in [-0.2, -0.15) is 0 Å². The number of rotatable bonds is 2. The van der Waals surface area contributed by atoms with E-state index >= 15 is 0 Å². The molecule has 0 spiro atoms. The predicted molar refractivity (Wildman–Crippen MR) is 80.1 cm³/mol. The number of phenolic OH excluding ortho intramolecular Hbond substituents is 1. The predicted octanol–water partition coefficient (Wildman–Crippen LogP) is 4.22. The van der Waals surface area contributed by atoms with E-state index in [9.17, 15) is 5.11 Å². The quantitative estimate of drug-likeness (QED) is 0.642. The first-order valence-electron chi connectivity index (χ1n) is 4.64. The van der Waals surface area contributed by atoms with Gasteiger partial charge in [-0.15, -0.1) is 23.7 Å². The van der Waals surface area contributed by atoms with E-state index in [1.165, 1.54) is 23.5 Å². The number of phenols is 1. The molecule has 0 radical (unpaired) electrons. The van der Waals surface area contributed by atoms with Crippen LogP contribution in [0.4, 0.5) is 5.69 Å². The minimum absolute atomic E-state index is 0. The van der Waals surface area contributed by atoms with Crippen molar-refractivity contribution in [1.29, 1.82) is 0 Å². The summed E-state index contributed by atoms with van der Waals surface area (Å²) in [5.41, 5.74) is 6.32. The Kier molecular flexibility index (Phi) is 5.28. The van der Waals surface area contributed by atoms with E-state index in [1.54, 1.807) is 0 Å². The topological polar surface area (TPSA) is 58.6 Å². The summed E-state index contributed by atoms with van der Waals surface area (Å²) >= 11 is 13.1. The smallest absolute Gasteiger partial charge is 0.152 e. The number of aliphatic imine (C=N–C) groups is 1. The van der Waals surface area contributed by atoms with Gasteiger partial charge in [0.25, 0.3) is 0 Å². The maximum absolute atomic E-state index is 9.41. The van der Waals surface area contributed by atoms with Crippen LogP contribution in [-0.2, 0) is 0 Å². The minimum Gasteiger partial charge on any atom is -0.505 e. The zero-order valence-corrected chi connectivity index (χ0v) is 12.1. The first kappa shape index (κ1) is 15.1. The molecule has 3 N–H and O–H groups in total. The van der Waals surface area contributed by atoms with Crippen molar-refractivity contribution in [2.24, 2.45) is 10.7 Å². The van der Waals surface area contributed by atoms with Crippen molar-refractivity contribution in [2.75, 3.05) is 0 Å². The molecule has 0 saturated carbocycles. The van der Waals surface area contributed by atoms with Crippen molar-refractivity contribution in [3.05, 3.63) is 44.6 Å². The van der Waals surface area contributed by atoms with Crippen LogP contribution < -0.4 is 5.73 Å². The Morgan fingerprint density at radius 3 is 2.39 bits per heavy atom. The Balaban J connectivity index is 0.00000162. The van der Waals surface area contributed by atoms with Crippen molar-refractivity contribution in [3.63, 3.8) is 0 Å². The Labute approximate surface area is 124 Å². The number of hydrogen-bond acceptors (Lipinski definition) is 3. The number of halogens is 3. The van der Waals surface area contributed by atoms with Gasteiger partial charge < -0.3 is 10.8 Å². The lowest BCUT2D eigenvalue weighted by atomic mass is 10.3. The first-order chi connectivity index (χ1) is 8.08. The molecule has 1 aromatic carbocycles. The summed E-state index contributed by atoms with van der Waals surface area (Å²) in [7, 11) is 0. The third kappa shape index (κ3) is 3.29. The van der Waals surface area contributed by atoms with Crippen molar-refractivity contribution >= 4 is 58.5 Å². The summed E-state index contributed by atoms with van der Waals surface area (Å²) in [4.78, 5) is 5.06. The summed E-state index contributed by atoms with van der Waals surface area (Å²) in [6.45, 7) is 0. The van der Waals surface area contributed by atoms with E-state index in [0.717, 1.165) is 4.88 Å². The maximum Gasteiger partial charge on any atom is 0.152 e. The molecule has 3 nitrogen and oxygen atoms in total. The average molecular weight is 324 g/mol. The second-order valence-electron chi connectivity index (χ2n) is 3.23. The van der Waals surface area contributed by atoms with E-state index < -0.39 is 0 Å². The van der Waals surface area contributed by atoms with Crippen LogP contribution in [0.25, 0.3) is 0 Å². The first-order valence-corrected chi connectivity index (χ1v) is 6.27. The highest BCUT2D eigenvalue weighted by molar-refractivity contribution is 7.12. The third-order valence-electron chi connectivity index (χ3n) is 2.02. The third-order valence-corrected chi connectivity index (χ3v) is 3.49. The number of nitrogens with two attached hydrogens (primary N) is 1. The molecule has 0 aliphatic heterocycles. The number of nitrogens with zero attached hydrogens (tertiary/aromatic N) is 1. The van der Waals surface area contributed by atoms with Gasteiger partial charge in [0.1, 0.15) is 5.84 Å². The molecule has 0 aliphatic carbocycles. The van der Waals surface area contributed by atoms with E-state index in [0.29, 0.717) is 11.5 Å². The van der Waals surface area contributed by atoms with Gasteiger partial charge in [0, 0.05) is 0 Å². The van der Waals surface area contributed by atoms with E-state index in [1.807, 2.05) is 17.5 Å². The lowest BCUT2D eigenvalue weighted by Crippen LogP contribution is -2.10. The van der Waals surface area contributed by atoms with Gasteiger partial charge in [0.2, 0.25) is 0 Å². The van der Waals surface area contributed by atoms with Gasteiger partial charge in [0.05, 0.1) is 20.6 Å². The molecule has 18 heavy (non-hydrogen) atoms. The Hall–Kier alpha value is -0.940. The van der Waals surface area contributed by atoms with Gasteiger partial charge in [-0.05, 0) is 23.6 Å². The number of aromatic hydroxyl groups is 1. The van der Waals surface area contributed by atoms with Crippen LogP contribution in [0.3, 0.4) is 0 Å². The molecule has 7 heteroatoms. The highest BCUT2D eigenvalue weighted by Gasteiger charge is 2.07. The fraction of sp³-hybridized carbons (Fsp3) is 0. The molecule has 96 valence electrons. The van der Waals surface area contributed by atoms with E-state index in [-0.39, 0.29) is 28.2 Å². The lowest BCUT2D eigenvalue weighted by Gasteiger charge is -2.02. The van der Waals surface area contributed by atoms with E-state index in [2.05, 4.69) is 4.99 Å². The highest BCUT2D eigenvalue weighted by Crippen LogP contribution is 2.35. The monoisotopic (exact) mass is 322 g/mol. The fourth-order valence-corrected chi connectivity index (χ4v) is 2.34. The van der Waals surface area contributed by atoms with Crippen LogP contribution in [0.1, 0.15) is 4.88 Å². The highest BCUT2D eigenvalue weighted by atomic mass is 35.5. The van der Waals surface area contributed by atoms with Crippen LogP contribution >= 0.6 is 46.9 Å². The van der Waals surface area contributed by atoms with Gasteiger partial charge in [-0.25, -0.2) is 4.99 Å². The number of hydrogen-bond donors (Lipinski definition) is 2. The van der Waals surface area contributed by atoms with Gasteiger partial charge in [-0.3, -0.25) is 0 Å². The van der Waals surface area contributed by atoms with Gasteiger partial charge in [-0.1, -0.05) is 29.3 Å². The molecule has 0 atom stereocenters. The summed E-state index contributed by atoms with van der Waals surface area (Å²) in [5, 5.41) is 11.6. The van der Waals surface area contributed by atoms with Crippen LogP contribution in [0.15, 0.2) is 34.6 Å². The molecule has 1 aromatic heterocycles. The van der Waals surface area contributed by atoms with Crippen molar-refractivity contribution in [1.82, 2.24) is 0 Å². The normalized spacial score (nSPS) is 11.1. The molecule has 2 rings (SSSR count). The molecule has 0 saturated heterocycles. The number of amidine groups is 1. The molecule has 1 heterocycles. The molecule has 0 aliphatic rings. The zero-order chi connectivity index (χ0) is 12.4. The molecule has 0 unspecified atom stereocenters. The minimum atomic E-state index is -0.151. The summed E-state index contributed by atoms with van der Waals surface area (Å²) < 4.78 is 0. The number of thiophene rings is 1. The van der Waals surface area contributed by atoms with Gasteiger partial charge in [0.15, 0.2) is 5.75 Å². The SMILES string of the molecule is Cl.NC(=Nc1cc(Cl)c(O)c(Cl)c1)c1cccs1. The molecule has 2 aromatic rings. The molecular weight excluding hydrogens is 315 g/mol. The van der Waals surface area contributed by atoms with Crippen LogP contribution in [-0.4, -0.2) is 10.9 Å². The largest absolute Gasteiger partial charge is 0.505 e. The van der Waals surface area contributed by atoms with Crippen LogP contribution in [0.5, 0.6) is 5.75 Å². The summed E-state index contributed by atoms with van der Waals surface area (Å²) in [6.07, 6.45) is 0. The summed E-state index contributed by atoms with van der Waals surface area (Å²) in [6, 6.07) is 6.76. The Bertz CT molecular complexity index is 547. The number of benzene rings is 1. The fourth-order valence-electron chi connectivity index (χ4n) is 1.24. The average Bonchev–Trinajstić information content (AvgIpc) is 2.79. The Morgan fingerprint density at radius 1 is 1.28 bits per heavy atom. The second kappa shape index (κ2) is 6.29. The molecular formula is C11H9Cl3N2OS. The van der Waals surface area contributed by atoms with Crippen LogP contribution in [0, 0.1) is 0 Å². The lowest BCUT2D eigenvalue weighted by molar-refractivity contribution is 0.476. The maximum atomic E-state index is 9.41. The molecule has 0 amide bonds. The van der Waals surface area contributed by atoms with Crippen molar-refractivity contribution in [2.45, 2.75) is 0 Å². The van der Waals surface area contributed by atoms with E-state index in [4.69, 9.17) is 28.9 Å². The molecule has 0 fully saturated rings. The standard InChI is InChI=1S/C11H8Cl2N2OS.ClH/c12-7-4-6(5-8(13)10(7)16)15-11(14)9-2-1-3-17-9;/h1-5,16H,(H2,14,15);1H. The van der Waals surface area contributed by atoms with Gasteiger partial charge >= 0.3 is 0 Å². The van der Waals surface area contributed by atoms with Crippen molar-refractivity contribution < 1.29 is 5.11 Å². The summed E-state index contributed by atoms with van der Waals surface area (Å²) in [5.74, 6) is 0.236. The van der Waals surface area contributed by atoms with Crippen molar-refractivity contribution in [3.8, 4) is 5.75 Å². The molecule has 0 bridgehead atoms. The second-order valence-corrected chi connectivity index (χ2v) is 4.99. The van der Waals surface area contributed by atoms with Crippen LogP contribution in [0.2, 0.25) is 10.0 Å².